The Kier molecular flexibility index (Phi) is 5.94. The molecule has 6 nitrogen and oxygen atoms in total. The molecule has 0 amide bonds. The van der Waals surface area contributed by atoms with E-state index in [2.05, 4.69) is 18.2 Å². The van der Waals surface area contributed by atoms with Crippen LogP contribution in [0.15, 0.2) is 94.1 Å². The van der Waals surface area contributed by atoms with E-state index in [0.717, 1.165) is 16.3 Å². The Morgan fingerprint density at radius 1 is 0.857 bits per heavy atom. The number of ether oxygens (including phenoxy) is 3. The van der Waals surface area contributed by atoms with Crippen molar-refractivity contribution in [3.05, 3.63) is 112 Å². The first-order valence-corrected chi connectivity index (χ1v) is 11.1. The van der Waals surface area contributed by atoms with E-state index < -0.39 is 5.97 Å². The van der Waals surface area contributed by atoms with Crippen molar-refractivity contribution in [1.29, 1.82) is 0 Å². The molecule has 35 heavy (non-hydrogen) atoms. The summed E-state index contributed by atoms with van der Waals surface area (Å²) < 4.78 is 22.4. The second-order valence-electron chi connectivity index (χ2n) is 8.02. The molecular formula is C29H22O6. The molecule has 4 aromatic carbocycles. The van der Waals surface area contributed by atoms with Crippen LogP contribution in [0, 0.1) is 6.92 Å². The molecule has 0 radical (unpaired) electrons. The molecule has 0 saturated carbocycles. The van der Waals surface area contributed by atoms with E-state index in [1.165, 1.54) is 7.11 Å². The summed E-state index contributed by atoms with van der Waals surface area (Å²) in [7, 11) is 1.32. The maximum absolute atomic E-state index is 13.1. The van der Waals surface area contributed by atoms with Crippen LogP contribution in [0.2, 0.25) is 0 Å². The Hall–Kier alpha value is -4.58. The second kappa shape index (κ2) is 9.35. The average Bonchev–Trinajstić information content (AvgIpc) is 2.89. The zero-order valence-corrected chi connectivity index (χ0v) is 19.2. The fourth-order valence-electron chi connectivity index (χ4n) is 3.95. The Morgan fingerprint density at radius 3 is 2.40 bits per heavy atom. The van der Waals surface area contributed by atoms with Crippen molar-refractivity contribution in [3.63, 3.8) is 0 Å². The van der Waals surface area contributed by atoms with Crippen LogP contribution in [0.5, 0.6) is 17.2 Å². The largest absolute Gasteiger partial charge is 0.489 e. The van der Waals surface area contributed by atoms with Crippen molar-refractivity contribution in [2.75, 3.05) is 7.11 Å². The highest BCUT2D eigenvalue weighted by atomic mass is 16.5. The molecule has 0 aliphatic carbocycles. The van der Waals surface area contributed by atoms with Crippen molar-refractivity contribution in [2.24, 2.45) is 0 Å². The summed E-state index contributed by atoms with van der Waals surface area (Å²) in [5, 5.41) is 2.68. The monoisotopic (exact) mass is 466 g/mol. The number of aryl methyl sites for hydroxylation is 1. The van der Waals surface area contributed by atoms with E-state index in [1.54, 1.807) is 49.4 Å². The molecule has 0 aliphatic heterocycles. The number of hydrogen-bond donors (Lipinski definition) is 0. The van der Waals surface area contributed by atoms with Gasteiger partial charge >= 0.3 is 5.97 Å². The Morgan fingerprint density at radius 2 is 1.60 bits per heavy atom. The summed E-state index contributed by atoms with van der Waals surface area (Å²) in [6.07, 6.45) is 0. The van der Waals surface area contributed by atoms with E-state index in [4.69, 9.17) is 18.6 Å². The summed E-state index contributed by atoms with van der Waals surface area (Å²) in [6, 6.07) is 25.7. The van der Waals surface area contributed by atoms with Crippen molar-refractivity contribution in [2.45, 2.75) is 13.5 Å². The van der Waals surface area contributed by atoms with Crippen molar-refractivity contribution in [3.8, 4) is 17.2 Å². The summed E-state index contributed by atoms with van der Waals surface area (Å²) in [5.74, 6) is 0.984. The Balaban J connectivity index is 1.39. The zero-order chi connectivity index (χ0) is 24.4. The summed E-state index contributed by atoms with van der Waals surface area (Å²) >= 11 is 0. The first-order chi connectivity index (χ1) is 17.0. The highest BCUT2D eigenvalue weighted by molar-refractivity contribution is 5.89. The molecular weight excluding hydrogens is 444 g/mol. The molecule has 0 aliphatic rings. The van der Waals surface area contributed by atoms with Gasteiger partial charge in [0.2, 0.25) is 11.2 Å². The number of benzene rings is 4. The maximum atomic E-state index is 13.1. The zero-order valence-electron chi connectivity index (χ0n) is 19.2. The Bertz CT molecular complexity index is 1590. The lowest BCUT2D eigenvalue weighted by Gasteiger charge is -2.11. The van der Waals surface area contributed by atoms with Gasteiger partial charge in [0.1, 0.15) is 29.4 Å². The van der Waals surface area contributed by atoms with Crippen LogP contribution in [0.3, 0.4) is 0 Å². The predicted molar refractivity (Wildman–Crippen MR) is 133 cm³/mol. The molecule has 0 N–H and O–H groups in total. The fourth-order valence-corrected chi connectivity index (χ4v) is 3.95. The third-order valence-corrected chi connectivity index (χ3v) is 5.76. The average molecular weight is 466 g/mol. The summed E-state index contributed by atoms with van der Waals surface area (Å²) in [6.45, 7) is 2.06. The van der Waals surface area contributed by atoms with Gasteiger partial charge in [0.05, 0.1) is 18.1 Å². The van der Waals surface area contributed by atoms with Crippen LogP contribution in [-0.4, -0.2) is 13.1 Å². The third kappa shape index (κ3) is 4.46. The lowest BCUT2D eigenvalue weighted by atomic mass is 10.1. The van der Waals surface area contributed by atoms with Gasteiger partial charge in [-0.15, -0.1) is 0 Å². The van der Waals surface area contributed by atoms with Gasteiger partial charge in [-0.05, 0) is 59.7 Å². The quantitative estimate of drug-likeness (QED) is 0.269. The normalized spacial score (nSPS) is 10.9. The van der Waals surface area contributed by atoms with Gasteiger partial charge in [0.25, 0.3) is 0 Å². The number of rotatable bonds is 6. The van der Waals surface area contributed by atoms with E-state index in [9.17, 15) is 9.59 Å². The minimum atomic E-state index is -0.448. The SMILES string of the molecule is COC(=O)c1ccc(Oc2c(C)oc3cc(OCc4cccc5ccccc45)ccc3c2=O)cc1. The number of methoxy groups -OCH3 is 1. The maximum Gasteiger partial charge on any atom is 0.337 e. The Labute approximate surface area is 201 Å². The van der Waals surface area contributed by atoms with Gasteiger partial charge in [-0.3, -0.25) is 4.79 Å². The van der Waals surface area contributed by atoms with E-state index in [-0.39, 0.29) is 11.2 Å². The molecule has 5 rings (SSSR count). The second-order valence-corrected chi connectivity index (χ2v) is 8.02. The van der Waals surface area contributed by atoms with Crippen molar-refractivity contribution >= 4 is 27.7 Å². The van der Waals surface area contributed by atoms with Crippen molar-refractivity contribution in [1.82, 2.24) is 0 Å². The molecule has 174 valence electrons. The molecule has 0 fully saturated rings. The minimum Gasteiger partial charge on any atom is -0.489 e. The van der Waals surface area contributed by atoms with Gasteiger partial charge in [0.15, 0.2) is 0 Å². The molecule has 1 aromatic heterocycles. The van der Waals surface area contributed by atoms with Gasteiger partial charge < -0.3 is 18.6 Å². The highest BCUT2D eigenvalue weighted by Crippen LogP contribution is 2.28. The molecule has 1 heterocycles. The first kappa shape index (κ1) is 22.2. The lowest BCUT2D eigenvalue weighted by molar-refractivity contribution is 0.0600. The van der Waals surface area contributed by atoms with E-state index in [1.807, 2.05) is 24.3 Å². The topological polar surface area (TPSA) is 75.0 Å². The van der Waals surface area contributed by atoms with Crippen LogP contribution in [-0.2, 0) is 11.3 Å². The number of carbonyl (C=O) groups excluding carboxylic acids is 1. The molecule has 0 spiro atoms. The van der Waals surface area contributed by atoms with E-state index >= 15 is 0 Å². The standard InChI is InChI=1S/C29H22O6/c1-18-28(35-22-12-10-20(11-13-22)29(31)32-2)27(30)25-15-14-23(16-26(25)34-18)33-17-21-8-5-7-19-6-3-4-9-24(19)21/h3-16H,17H2,1-2H3. The predicted octanol–water partition coefficient (Wildman–Crippen LogP) is 6.41. The van der Waals surface area contributed by atoms with Gasteiger partial charge in [-0.25, -0.2) is 4.79 Å². The number of carbonyl (C=O) groups is 1. The van der Waals surface area contributed by atoms with Gasteiger partial charge in [0, 0.05) is 6.07 Å². The third-order valence-electron chi connectivity index (χ3n) is 5.76. The minimum absolute atomic E-state index is 0.0905. The molecule has 0 unspecified atom stereocenters. The number of fused-ring (bicyclic) bond motifs is 2. The summed E-state index contributed by atoms with van der Waals surface area (Å²) in [4.78, 5) is 24.7. The highest BCUT2D eigenvalue weighted by Gasteiger charge is 2.15. The van der Waals surface area contributed by atoms with Crippen LogP contribution in [0.4, 0.5) is 0 Å². The van der Waals surface area contributed by atoms with Crippen LogP contribution in [0.25, 0.3) is 21.7 Å². The molecule has 0 bridgehead atoms. The van der Waals surface area contributed by atoms with Crippen molar-refractivity contribution < 1.29 is 23.4 Å². The fraction of sp³-hybridized carbons (Fsp3) is 0.103. The van der Waals surface area contributed by atoms with E-state index in [0.29, 0.717) is 40.4 Å². The first-order valence-electron chi connectivity index (χ1n) is 11.1. The van der Waals surface area contributed by atoms with Gasteiger partial charge in [-0.1, -0.05) is 42.5 Å². The molecule has 0 atom stereocenters. The number of hydrogen-bond acceptors (Lipinski definition) is 6. The molecule has 5 aromatic rings. The van der Waals surface area contributed by atoms with Crippen LogP contribution < -0.4 is 14.9 Å². The smallest absolute Gasteiger partial charge is 0.337 e. The summed E-state index contributed by atoms with van der Waals surface area (Å²) in [5.41, 5.74) is 1.58. The lowest BCUT2D eigenvalue weighted by Crippen LogP contribution is -2.08. The molecule has 6 heteroatoms. The number of esters is 1. The van der Waals surface area contributed by atoms with Crippen LogP contribution in [0.1, 0.15) is 21.7 Å². The molecule has 0 saturated heterocycles. The van der Waals surface area contributed by atoms with Crippen LogP contribution >= 0.6 is 0 Å². The van der Waals surface area contributed by atoms with Gasteiger partial charge in [-0.2, -0.15) is 0 Å².